The maximum absolute atomic E-state index is 14.8. The largest absolute Gasteiger partial charge is 0.480 e. The van der Waals surface area contributed by atoms with E-state index in [2.05, 4.69) is 20.6 Å². The normalized spacial score (nSPS) is 12.0. The van der Waals surface area contributed by atoms with E-state index in [0.29, 0.717) is 27.6 Å². The van der Waals surface area contributed by atoms with Gasteiger partial charge in [0, 0.05) is 11.8 Å². The van der Waals surface area contributed by atoms with Gasteiger partial charge in [0.15, 0.2) is 10.8 Å². The minimum atomic E-state index is -1.08. The zero-order valence-corrected chi connectivity index (χ0v) is 18.7. The van der Waals surface area contributed by atoms with Gasteiger partial charge in [-0.3, -0.25) is 4.79 Å². The highest BCUT2D eigenvalue weighted by atomic mass is 32.1. The van der Waals surface area contributed by atoms with Crippen molar-refractivity contribution >= 4 is 44.4 Å². The van der Waals surface area contributed by atoms with Crippen LogP contribution in [-0.4, -0.2) is 33.0 Å². The average molecular weight is 465 g/mol. The third-order valence-electron chi connectivity index (χ3n) is 5.08. The van der Waals surface area contributed by atoms with E-state index >= 15 is 0 Å². The molecule has 0 bridgehead atoms. The fourth-order valence-corrected chi connectivity index (χ4v) is 4.12. The summed E-state index contributed by atoms with van der Waals surface area (Å²) in [5.74, 6) is -2.25. The van der Waals surface area contributed by atoms with Crippen molar-refractivity contribution in [3.8, 4) is 11.1 Å². The molecule has 33 heavy (non-hydrogen) atoms. The van der Waals surface area contributed by atoms with E-state index in [1.165, 1.54) is 17.4 Å². The van der Waals surface area contributed by atoms with Gasteiger partial charge in [0.05, 0.1) is 10.4 Å². The van der Waals surface area contributed by atoms with Crippen LogP contribution in [0.3, 0.4) is 0 Å². The molecule has 0 fully saturated rings. The number of hydrogen-bond donors (Lipinski definition) is 3. The maximum atomic E-state index is 14.8. The van der Waals surface area contributed by atoms with Crippen LogP contribution in [0.4, 0.5) is 15.2 Å². The smallest absolute Gasteiger partial charge is 0.326 e. The second-order valence-corrected chi connectivity index (χ2v) is 8.81. The van der Waals surface area contributed by atoms with Gasteiger partial charge < -0.3 is 15.7 Å². The van der Waals surface area contributed by atoms with Crippen LogP contribution >= 0.6 is 11.3 Å². The van der Waals surface area contributed by atoms with Crippen LogP contribution in [0.1, 0.15) is 24.2 Å². The molecule has 2 aromatic heterocycles. The van der Waals surface area contributed by atoms with Crippen molar-refractivity contribution in [2.24, 2.45) is 5.92 Å². The molecule has 4 rings (SSSR count). The quantitative estimate of drug-likeness (QED) is 0.352. The van der Waals surface area contributed by atoms with Crippen molar-refractivity contribution in [1.82, 2.24) is 15.3 Å². The second-order valence-electron chi connectivity index (χ2n) is 7.77. The fourth-order valence-electron chi connectivity index (χ4n) is 3.29. The first-order valence-electron chi connectivity index (χ1n) is 10.2. The lowest BCUT2D eigenvalue weighted by Gasteiger charge is -2.18. The van der Waals surface area contributed by atoms with E-state index < -0.39 is 23.7 Å². The Morgan fingerprint density at radius 3 is 2.42 bits per heavy atom. The molecule has 7 nitrogen and oxygen atoms in total. The fraction of sp³-hybridized carbons (Fsp3) is 0.167. The summed E-state index contributed by atoms with van der Waals surface area (Å²) in [6.45, 7) is 3.45. The van der Waals surface area contributed by atoms with Crippen molar-refractivity contribution in [3.63, 3.8) is 0 Å². The van der Waals surface area contributed by atoms with E-state index in [1.54, 1.807) is 56.4 Å². The number of hydrogen-bond acceptors (Lipinski definition) is 6. The summed E-state index contributed by atoms with van der Waals surface area (Å²) >= 11 is 1.39. The maximum Gasteiger partial charge on any atom is 0.326 e. The van der Waals surface area contributed by atoms with Crippen molar-refractivity contribution in [1.29, 1.82) is 0 Å². The van der Waals surface area contributed by atoms with Gasteiger partial charge in [0.25, 0.3) is 5.91 Å². The zero-order chi connectivity index (χ0) is 23.5. The summed E-state index contributed by atoms with van der Waals surface area (Å²) in [4.78, 5) is 32.2. The molecule has 1 amide bonds. The molecule has 168 valence electrons. The number of halogens is 1. The summed E-state index contributed by atoms with van der Waals surface area (Å²) in [5, 5.41) is 15.3. The molecule has 0 aliphatic rings. The van der Waals surface area contributed by atoms with Crippen LogP contribution in [0.2, 0.25) is 0 Å². The Morgan fingerprint density at radius 2 is 1.79 bits per heavy atom. The zero-order valence-electron chi connectivity index (χ0n) is 17.9. The van der Waals surface area contributed by atoms with Gasteiger partial charge in [0.1, 0.15) is 11.9 Å². The second kappa shape index (κ2) is 9.33. The number of nitrogens with one attached hydrogen (secondary N) is 2. The molecule has 4 aromatic rings. The molecule has 2 heterocycles. The van der Waals surface area contributed by atoms with Gasteiger partial charge >= 0.3 is 5.97 Å². The van der Waals surface area contributed by atoms with E-state index in [1.807, 2.05) is 12.1 Å². The van der Waals surface area contributed by atoms with Crippen LogP contribution < -0.4 is 10.6 Å². The minimum absolute atomic E-state index is 0.250. The topological polar surface area (TPSA) is 104 Å². The van der Waals surface area contributed by atoms with E-state index in [-0.39, 0.29) is 5.92 Å². The number of aliphatic carboxylic acids is 1. The third-order valence-corrected chi connectivity index (χ3v) is 6.00. The van der Waals surface area contributed by atoms with Gasteiger partial charge in [-0.1, -0.05) is 43.4 Å². The molecule has 0 aliphatic carbocycles. The standard InChI is InChI=1S/C24H21FN4O3S/c1-13(2)20(23(31)32)28-22(30)15-7-5-14(6-8-15)16-9-10-18(17(25)12-16)27-24-29-21-19(33-24)4-3-11-26-21/h3-13,20H,1-2H3,(H,28,30)(H,31,32)(H,26,27,29)/t20-/m0/s1. The molecule has 0 saturated carbocycles. The van der Waals surface area contributed by atoms with Gasteiger partial charge in [-0.25, -0.2) is 14.2 Å². The Bertz CT molecular complexity index is 1290. The highest BCUT2D eigenvalue weighted by molar-refractivity contribution is 7.22. The molecule has 0 spiro atoms. The Kier molecular flexibility index (Phi) is 6.32. The number of nitrogens with zero attached hydrogens (tertiary/aromatic N) is 2. The molecule has 0 saturated heterocycles. The van der Waals surface area contributed by atoms with Gasteiger partial charge in [-0.15, -0.1) is 0 Å². The van der Waals surface area contributed by atoms with E-state index in [4.69, 9.17) is 0 Å². The van der Waals surface area contributed by atoms with Crippen LogP contribution in [0.25, 0.3) is 21.5 Å². The van der Waals surface area contributed by atoms with Crippen LogP contribution in [0, 0.1) is 11.7 Å². The van der Waals surface area contributed by atoms with Crippen LogP contribution in [-0.2, 0) is 4.79 Å². The Labute approximate surface area is 193 Å². The molecular weight excluding hydrogens is 443 g/mol. The first-order valence-corrected chi connectivity index (χ1v) is 11.1. The van der Waals surface area contributed by atoms with Crippen molar-refractivity contribution in [2.75, 3.05) is 5.32 Å². The molecule has 0 unspecified atom stereocenters. The van der Waals surface area contributed by atoms with E-state index in [0.717, 1.165) is 10.3 Å². The number of fused-ring (bicyclic) bond motifs is 1. The monoisotopic (exact) mass is 464 g/mol. The summed E-state index contributed by atoms with van der Waals surface area (Å²) in [5.41, 5.74) is 2.59. The average Bonchev–Trinajstić information content (AvgIpc) is 3.21. The number of carbonyl (C=O) groups excluding carboxylic acids is 1. The number of thiazole rings is 1. The molecule has 0 aliphatic heterocycles. The molecule has 9 heteroatoms. The van der Waals surface area contributed by atoms with Crippen molar-refractivity contribution in [3.05, 3.63) is 72.2 Å². The molecular formula is C24H21FN4O3S. The number of anilines is 2. The molecule has 1 atom stereocenters. The first-order chi connectivity index (χ1) is 15.8. The van der Waals surface area contributed by atoms with Gasteiger partial charge in [-0.2, -0.15) is 4.98 Å². The van der Waals surface area contributed by atoms with Crippen LogP contribution in [0.5, 0.6) is 0 Å². The Balaban J connectivity index is 1.48. The number of carbonyl (C=O) groups is 2. The summed E-state index contributed by atoms with van der Waals surface area (Å²) < 4.78 is 15.7. The Hall–Kier alpha value is -3.85. The lowest BCUT2D eigenvalue weighted by molar-refractivity contribution is -0.140. The summed E-state index contributed by atoms with van der Waals surface area (Å²) in [7, 11) is 0. The Morgan fingerprint density at radius 1 is 1.06 bits per heavy atom. The first kappa shape index (κ1) is 22.3. The molecule has 2 aromatic carbocycles. The predicted octanol–water partition coefficient (Wildman–Crippen LogP) is 5.08. The molecule has 0 radical (unpaired) electrons. The lowest BCUT2D eigenvalue weighted by Crippen LogP contribution is -2.44. The highest BCUT2D eigenvalue weighted by Gasteiger charge is 2.23. The van der Waals surface area contributed by atoms with Gasteiger partial charge in [0.2, 0.25) is 0 Å². The third kappa shape index (κ3) is 4.98. The molecule has 3 N–H and O–H groups in total. The van der Waals surface area contributed by atoms with Gasteiger partial charge in [-0.05, 0) is 53.4 Å². The van der Waals surface area contributed by atoms with Crippen molar-refractivity contribution < 1.29 is 19.1 Å². The number of pyridine rings is 1. The predicted molar refractivity (Wildman–Crippen MR) is 126 cm³/mol. The summed E-state index contributed by atoms with van der Waals surface area (Å²) in [6, 6.07) is 14.1. The number of rotatable bonds is 7. The minimum Gasteiger partial charge on any atom is -0.480 e. The van der Waals surface area contributed by atoms with Crippen molar-refractivity contribution in [2.45, 2.75) is 19.9 Å². The van der Waals surface area contributed by atoms with Crippen LogP contribution in [0.15, 0.2) is 60.8 Å². The lowest BCUT2D eigenvalue weighted by atomic mass is 10.0. The number of benzene rings is 2. The number of amides is 1. The number of aromatic nitrogens is 2. The number of carboxylic acid groups (broad SMARTS) is 1. The highest BCUT2D eigenvalue weighted by Crippen LogP contribution is 2.30. The van der Waals surface area contributed by atoms with E-state index in [9.17, 15) is 19.1 Å². The summed E-state index contributed by atoms with van der Waals surface area (Å²) in [6.07, 6.45) is 1.66. The number of carboxylic acids is 1. The SMILES string of the molecule is CC(C)[C@H](NC(=O)c1ccc(-c2ccc(Nc3nc4ncccc4s3)c(F)c2)cc1)C(=O)O.